The van der Waals surface area contributed by atoms with Gasteiger partial charge in [-0.25, -0.2) is 0 Å². The second-order valence-electron chi connectivity index (χ2n) is 3.53. The smallest absolute Gasteiger partial charge is 0.278 e. The molecular weight excluding hydrogens is 224 g/mol. The van der Waals surface area contributed by atoms with E-state index in [-0.39, 0.29) is 11.7 Å². The first-order valence-electron chi connectivity index (χ1n) is 5.12. The Kier molecular flexibility index (Phi) is 4.28. The number of nitrogens with one attached hydrogen (secondary N) is 1. The van der Waals surface area contributed by atoms with Gasteiger partial charge in [0.05, 0.1) is 30.8 Å². The molecule has 1 unspecified atom stereocenters. The number of nitro benzene ring substituents is 1. The molecule has 0 aliphatic heterocycles. The van der Waals surface area contributed by atoms with E-state index in [1.54, 1.807) is 13.1 Å². The Hall–Kier alpha value is -1.82. The summed E-state index contributed by atoms with van der Waals surface area (Å²) in [5, 5.41) is 14.0. The van der Waals surface area contributed by atoms with Gasteiger partial charge in [0.15, 0.2) is 11.5 Å². The molecule has 1 aromatic rings. The lowest BCUT2D eigenvalue weighted by Gasteiger charge is -2.14. The highest BCUT2D eigenvalue weighted by atomic mass is 16.6. The summed E-state index contributed by atoms with van der Waals surface area (Å²) in [6.45, 7) is 1.84. The second-order valence-corrected chi connectivity index (χ2v) is 3.53. The largest absolute Gasteiger partial charge is 0.493 e. The Morgan fingerprint density at radius 1 is 1.29 bits per heavy atom. The third-order valence-corrected chi connectivity index (χ3v) is 2.63. The quantitative estimate of drug-likeness (QED) is 0.628. The third-order valence-electron chi connectivity index (χ3n) is 2.63. The molecule has 94 valence electrons. The van der Waals surface area contributed by atoms with Crippen molar-refractivity contribution in [3.8, 4) is 11.5 Å². The highest BCUT2D eigenvalue weighted by Crippen LogP contribution is 2.36. The standard InChI is InChI=1S/C11H16N2O4/c1-7(12-2)8-5-10(16-3)11(17-4)6-9(8)13(14)15/h5-7,12H,1-4H3. The van der Waals surface area contributed by atoms with Crippen molar-refractivity contribution >= 4 is 5.69 Å². The molecule has 0 saturated heterocycles. The molecule has 0 aliphatic carbocycles. The van der Waals surface area contributed by atoms with Gasteiger partial charge in [0.2, 0.25) is 0 Å². The molecule has 1 aromatic carbocycles. The zero-order valence-electron chi connectivity index (χ0n) is 10.3. The predicted molar refractivity (Wildman–Crippen MR) is 63.7 cm³/mol. The van der Waals surface area contributed by atoms with Crippen LogP contribution in [0.4, 0.5) is 5.69 Å². The first-order chi connectivity index (χ1) is 8.04. The van der Waals surface area contributed by atoms with Crippen molar-refractivity contribution in [3.05, 3.63) is 27.8 Å². The van der Waals surface area contributed by atoms with Crippen LogP contribution in [0.1, 0.15) is 18.5 Å². The fourth-order valence-electron chi connectivity index (χ4n) is 1.54. The number of benzene rings is 1. The van der Waals surface area contributed by atoms with Crippen LogP contribution in [-0.2, 0) is 0 Å². The minimum Gasteiger partial charge on any atom is -0.493 e. The van der Waals surface area contributed by atoms with Crippen LogP contribution in [0.15, 0.2) is 12.1 Å². The molecule has 6 nitrogen and oxygen atoms in total. The second kappa shape index (κ2) is 5.49. The summed E-state index contributed by atoms with van der Waals surface area (Å²) < 4.78 is 10.2. The van der Waals surface area contributed by atoms with Crippen LogP contribution in [-0.4, -0.2) is 26.2 Å². The zero-order valence-corrected chi connectivity index (χ0v) is 10.3. The number of ether oxygens (including phenoxy) is 2. The highest BCUT2D eigenvalue weighted by molar-refractivity contribution is 5.55. The number of hydrogen-bond acceptors (Lipinski definition) is 5. The van der Waals surface area contributed by atoms with Gasteiger partial charge in [0.1, 0.15) is 0 Å². The van der Waals surface area contributed by atoms with Gasteiger partial charge in [-0.3, -0.25) is 10.1 Å². The first-order valence-corrected chi connectivity index (χ1v) is 5.12. The Morgan fingerprint density at radius 2 is 1.82 bits per heavy atom. The maximum absolute atomic E-state index is 11.0. The summed E-state index contributed by atoms with van der Waals surface area (Å²) in [6, 6.07) is 2.86. The van der Waals surface area contributed by atoms with E-state index in [0.29, 0.717) is 17.1 Å². The third kappa shape index (κ3) is 2.65. The van der Waals surface area contributed by atoms with Crippen LogP contribution in [0, 0.1) is 10.1 Å². The highest BCUT2D eigenvalue weighted by Gasteiger charge is 2.22. The van der Waals surface area contributed by atoms with Gasteiger partial charge in [-0.2, -0.15) is 0 Å². The van der Waals surface area contributed by atoms with Gasteiger partial charge in [-0.1, -0.05) is 0 Å². The van der Waals surface area contributed by atoms with Crippen molar-refractivity contribution in [2.75, 3.05) is 21.3 Å². The molecule has 0 spiro atoms. The van der Waals surface area contributed by atoms with Crippen LogP contribution in [0.25, 0.3) is 0 Å². The maximum Gasteiger partial charge on any atom is 0.278 e. The van der Waals surface area contributed by atoms with Crippen molar-refractivity contribution in [3.63, 3.8) is 0 Å². The molecule has 0 aromatic heterocycles. The SMILES string of the molecule is CNC(C)c1cc(OC)c(OC)cc1[N+](=O)[O-]. The van der Waals surface area contributed by atoms with Gasteiger partial charge in [-0.15, -0.1) is 0 Å². The van der Waals surface area contributed by atoms with Gasteiger partial charge in [-0.05, 0) is 20.0 Å². The lowest BCUT2D eigenvalue weighted by atomic mass is 10.1. The molecule has 0 aliphatic rings. The van der Waals surface area contributed by atoms with E-state index in [1.807, 2.05) is 6.92 Å². The number of hydrogen-bond donors (Lipinski definition) is 1. The minimum absolute atomic E-state index is 0.0181. The molecule has 0 saturated carbocycles. The topological polar surface area (TPSA) is 73.6 Å². The average molecular weight is 240 g/mol. The Morgan fingerprint density at radius 3 is 2.24 bits per heavy atom. The van der Waals surface area contributed by atoms with Crippen molar-refractivity contribution in [1.82, 2.24) is 5.32 Å². The van der Waals surface area contributed by atoms with Crippen LogP contribution < -0.4 is 14.8 Å². The molecule has 0 heterocycles. The molecule has 1 atom stereocenters. The molecular formula is C11H16N2O4. The lowest BCUT2D eigenvalue weighted by Crippen LogP contribution is -2.14. The van der Waals surface area contributed by atoms with E-state index in [0.717, 1.165) is 0 Å². The molecule has 0 radical (unpaired) electrons. The van der Waals surface area contributed by atoms with E-state index in [4.69, 9.17) is 9.47 Å². The monoisotopic (exact) mass is 240 g/mol. The fourth-order valence-corrected chi connectivity index (χ4v) is 1.54. The van der Waals surface area contributed by atoms with E-state index in [2.05, 4.69) is 5.32 Å². The number of nitrogens with zero attached hydrogens (tertiary/aromatic N) is 1. The van der Waals surface area contributed by atoms with Gasteiger partial charge in [0, 0.05) is 6.04 Å². The maximum atomic E-state index is 11.0. The van der Waals surface area contributed by atoms with Crippen LogP contribution in [0.3, 0.4) is 0 Å². The summed E-state index contributed by atoms with van der Waals surface area (Å²) in [7, 11) is 4.69. The first kappa shape index (κ1) is 13.2. The van der Waals surface area contributed by atoms with Crippen molar-refractivity contribution < 1.29 is 14.4 Å². The number of nitro groups is 1. The summed E-state index contributed by atoms with van der Waals surface area (Å²) in [4.78, 5) is 10.6. The number of rotatable bonds is 5. The van der Waals surface area contributed by atoms with E-state index in [9.17, 15) is 10.1 Å². The molecule has 0 amide bonds. The van der Waals surface area contributed by atoms with Crippen molar-refractivity contribution in [1.29, 1.82) is 0 Å². The van der Waals surface area contributed by atoms with Crippen LogP contribution in [0.5, 0.6) is 11.5 Å². The minimum atomic E-state index is -0.425. The van der Waals surface area contributed by atoms with E-state index >= 15 is 0 Å². The Bertz CT molecular complexity index is 420. The zero-order chi connectivity index (χ0) is 13.0. The molecule has 0 fully saturated rings. The Balaban J connectivity index is 3.40. The molecule has 1 rings (SSSR count). The summed E-state index contributed by atoms with van der Waals surface area (Å²) >= 11 is 0. The normalized spacial score (nSPS) is 12.0. The van der Waals surface area contributed by atoms with E-state index in [1.165, 1.54) is 20.3 Å². The van der Waals surface area contributed by atoms with Crippen molar-refractivity contribution in [2.45, 2.75) is 13.0 Å². The van der Waals surface area contributed by atoms with Gasteiger partial charge < -0.3 is 14.8 Å². The van der Waals surface area contributed by atoms with Gasteiger partial charge in [0.25, 0.3) is 5.69 Å². The average Bonchev–Trinajstić information content (AvgIpc) is 2.35. The Labute approximate surface area is 99.7 Å². The summed E-state index contributed by atoms with van der Waals surface area (Å²) in [6.07, 6.45) is 0. The molecule has 17 heavy (non-hydrogen) atoms. The fraction of sp³-hybridized carbons (Fsp3) is 0.455. The summed E-state index contributed by atoms with van der Waals surface area (Å²) in [5.41, 5.74) is 0.583. The van der Waals surface area contributed by atoms with Crippen molar-refractivity contribution in [2.24, 2.45) is 0 Å². The lowest BCUT2D eigenvalue weighted by molar-refractivity contribution is -0.385. The van der Waals surface area contributed by atoms with Crippen LogP contribution >= 0.6 is 0 Å². The van der Waals surface area contributed by atoms with E-state index < -0.39 is 4.92 Å². The molecule has 0 bridgehead atoms. The molecule has 6 heteroatoms. The van der Waals surface area contributed by atoms with Gasteiger partial charge >= 0.3 is 0 Å². The number of methoxy groups -OCH3 is 2. The molecule has 1 N–H and O–H groups in total. The van der Waals surface area contributed by atoms with Crippen LogP contribution in [0.2, 0.25) is 0 Å². The summed E-state index contributed by atoms with van der Waals surface area (Å²) in [5.74, 6) is 0.835. The predicted octanol–water partition coefficient (Wildman–Crippen LogP) is 1.89.